The van der Waals surface area contributed by atoms with Crippen molar-refractivity contribution in [2.24, 2.45) is 0 Å². The number of hydrogen-bond donors (Lipinski definition) is 2. The third-order valence-corrected chi connectivity index (χ3v) is 3.45. The molecule has 1 aliphatic rings. The first-order chi connectivity index (χ1) is 8.65. The van der Waals surface area contributed by atoms with E-state index in [0.29, 0.717) is 17.1 Å². The minimum absolute atomic E-state index is 0.0791. The molecular formula is C13H16BrClN2O. The topological polar surface area (TPSA) is 41.1 Å². The summed E-state index contributed by atoms with van der Waals surface area (Å²) in [4.78, 5) is 11.8. The molecular weight excluding hydrogens is 316 g/mol. The van der Waals surface area contributed by atoms with Gasteiger partial charge in [-0.1, -0.05) is 27.5 Å². The van der Waals surface area contributed by atoms with E-state index < -0.39 is 0 Å². The molecule has 0 heterocycles. The molecule has 18 heavy (non-hydrogen) atoms. The van der Waals surface area contributed by atoms with Crippen molar-refractivity contribution in [1.82, 2.24) is 10.6 Å². The maximum Gasteiger partial charge on any atom is 0.251 e. The standard InChI is InChI=1S/C13H16BrClN2O/c14-10-6-9(7-11(15)8-10)13(18)17-5-1-4-16-12-2-3-12/h6-8,12,16H,1-5H2,(H,17,18). The number of amides is 1. The Morgan fingerprint density at radius 2 is 2.11 bits per heavy atom. The Morgan fingerprint density at radius 3 is 2.78 bits per heavy atom. The van der Waals surface area contributed by atoms with Crippen LogP contribution in [0, 0.1) is 0 Å². The monoisotopic (exact) mass is 330 g/mol. The third kappa shape index (κ3) is 4.59. The van der Waals surface area contributed by atoms with E-state index >= 15 is 0 Å². The molecule has 1 fully saturated rings. The maximum atomic E-state index is 11.8. The molecule has 0 unspecified atom stereocenters. The summed E-state index contributed by atoms with van der Waals surface area (Å²) in [5.74, 6) is -0.0791. The number of rotatable bonds is 6. The van der Waals surface area contributed by atoms with Gasteiger partial charge in [-0.25, -0.2) is 0 Å². The molecule has 1 aliphatic carbocycles. The van der Waals surface area contributed by atoms with E-state index in [2.05, 4.69) is 26.6 Å². The van der Waals surface area contributed by atoms with Gasteiger partial charge in [0.05, 0.1) is 0 Å². The molecule has 0 spiro atoms. The van der Waals surface area contributed by atoms with Crippen molar-refractivity contribution in [3.05, 3.63) is 33.3 Å². The van der Waals surface area contributed by atoms with Crippen LogP contribution in [0.25, 0.3) is 0 Å². The maximum absolute atomic E-state index is 11.8. The summed E-state index contributed by atoms with van der Waals surface area (Å²) in [5.41, 5.74) is 0.588. The largest absolute Gasteiger partial charge is 0.352 e. The van der Waals surface area contributed by atoms with Gasteiger partial charge in [0, 0.05) is 27.6 Å². The third-order valence-electron chi connectivity index (χ3n) is 2.77. The Kier molecular flexibility index (Phi) is 5.03. The molecule has 3 nitrogen and oxygen atoms in total. The minimum atomic E-state index is -0.0791. The summed E-state index contributed by atoms with van der Waals surface area (Å²) < 4.78 is 0.815. The number of hydrogen-bond acceptors (Lipinski definition) is 2. The van der Waals surface area contributed by atoms with Gasteiger partial charge in [-0.3, -0.25) is 4.79 Å². The SMILES string of the molecule is O=C(NCCCNC1CC1)c1cc(Cl)cc(Br)c1. The highest BCUT2D eigenvalue weighted by Gasteiger charge is 2.19. The van der Waals surface area contributed by atoms with Crippen LogP contribution in [0.15, 0.2) is 22.7 Å². The van der Waals surface area contributed by atoms with Crippen LogP contribution in [0.3, 0.4) is 0 Å². The number of halogens is 2. The lowest BCUT2D eigenvalue weighted by Gasteiger charge is -2.06. The number of nitrogens with one attached hydrogen (secondary N) is 2. The summed E-state index contributed by atoms with van der Waals surface area (Å²) in [5, 5.41) is 6.86. The van der Waals surface area contributed by atoms with Crippen LogP contribution in [0.4, 0.5) is 0 Å². The van der Waals surface area contributed by atoms with Gasteiger partial charge < -0.3 is 10.6 Å². The van der Waals surface area contributed by atoms with Crippen LogP contribution in [0.5, 0.6) is 0 Å². The second-order valence-corrected chi connectivity index (χ2v) is 5.85. The molecule has 0 bridgehead atoms. The molecule has 1 amide bonds. The smallest absolute Gasteiger partial charge is 0.251 e. The molecule has 0 aromatic heterocycles. The van der Waals surface area contributed by atoms with E-state index in [1.54, 1.807) is 18.2 Å². The summed E-state index contributed by atoms with van der Waals surface area (Å²) in [6.07, 6.45) is 3.54. The first kappa shape index (κ1) is 13.8. The predicted octanol–water partition coefficient (Wildman–Crippen LogP) is 2.97. The zero-order valence-corrected chi connectivity index (χ0v) is 12.4. The van der Waals surface area contributed by atoms with Crippen molar-refractivity contribution in [3.8, 4) is 0 Å². The average molecular weight is 332 g/mol. The van der Waals surface area contributed by atoms with E-state index in [1.165, 1.54) is 12.8 Å². The Balaban J connectivity index is 1.72. The molecule has 2 rings (SSSR count). The molecule has 1 aromatic carbocycles. The summed E-state index contributed by atoms with van der Waals surface area (Å²) in [7, 11) is 0. The molecule has 98 valence electrons. The van der Waals surface area contributed by atoms with Crippen LogP contribution in [-0.4, -0.2) is 25.0 Å². The van der Waals surface area contributed by atoms with Gasteiger partial charge in [-0.05, 0) is 44.0 Å². The molecule has 0 atom stereocenters. The normalized spacial score (nSPS) is 14.6. The summed E-state index contributed by atoms with van der Waals surface area (Å²) in [6.45, 7) is 1.65. The second-order valence-electron chi connectivity index (χ2n) is 4.50. The lowest BCUT2D eigenvalue weighted by molar-refractivity contribution is 0.0953. The zero-order chi connectivity index (χ0) is 13.0. The van der Waals surface area contributed by atoms with Gasteiger partial charge in [0.25, 0.3) is 5.91 Å². The fraction of sp³-hybridized carbons (Fsp3) is 0.462. The van der Waals surface area contributed by atoms with Gasteiger partial charge in [0.1, 0.15) is 0 Å². The predicted molar refractivity (Wildman–Crippen MR) is 77.1 cm³/mol. The Bertz CT molecular complexity index is 415. The first-order valence-electron chi connectivity index (χ1n) is 6.13. The molecule has 0 radical (unpaired) electrons. The highest BCUT2D eigenvalue weighted by atomic mass is 79.9. The highest BCUT2D eigenvalue weighted by molar-refractivity contribution is 9.10. The van der Waals surface area contributed by atoms with E-state index in [1.807, 2.05) is 0 Å². The second kappa shape index (κ2) is 6.55. The van der Waals surface area contributed by atoms with E-state index in [-0.39, 0.29) is 5.91 Å². The van der Waals surface area contributed by atoms with Crippen molar-refractivity contribution in [3.63, 3.8) is 0 Å². The van der Waals surface area contributed by atoms with E-state index in [9.17, 15) is 4.79 Å². The van der Waals surface area contributed by atoms with Gasteiger partial charge in [0.15, 0.2) is 0 Å². The van der Waals surface area contributed by atoms with Crippen molar-refractivity contribution < 1.29 is 4.79 Å². The minimum Gasteiger partial charge on any atom is -0.352 e. The van der Waals surface area contributed by atoms with Crippen LogP contribution < -0.4 is 10.6 Å². The molecule has 0 saturated heterocycles. The Hall–Kier alpha value is -0.580. The molecule has 0 aliphatic heterocycles. The lowest BCUT2D eigenvalue weighted by atomic mass is 10.2. The molecule has 1 aromatic rings. The van der Waals surface area contributed by atoms with Crippen LogP contribution in [-0.2, 0) is 0 Å². The number of carbonyl (C=O) groups excluding carboxylic acids is 1. The van der Waals surface area contributed by atoms with Gasteiger partial charge >= 0.3 is 0 Å². The van der Waals surface area contributed by atoms with Crippen molar-refractivity contribution >= 4 is 33.4 Å². The van der Waals surface area contributed by atoms with Gasteiger partial charge in [-0.2, -0.15) is 0 Å². The molecule has 5 heteroatoms. The summed E-state index contributed by atoms with van der Waals surface area (Å²) >= 11 is 9.22. The van der Waals surface area contributed by atoms with E-state index in [4.69, 9.17) is 11.6 Å². The molecule has 2 N–H and O–H groups in total. The first-order valence-corrected chi connectivity index (χ1v) is 7.30. The van der Waals surface area contributed by atoms with Gasteiger partial charge in [-0.15, -0.1) is 0 Å². The quantitative estimate of drug-likeness (QED) is 0.787. The van der Waals surface area contributed by atoms with Crippen molar-refractivity contribution in [2.75, 3.05) is 13.1 Å². The van der Waals surface area contributed by atoms with Crippen molar-refractivity contribution in [2.45, 2.75) is 25.3 Å². The van der Waals surface area contributed by atoms with E-state index in [0.717, 1.165) is 23.5 Å². The van der Waals surface area contributed by atoms with Crippen molar-refractivity contribution in [1.29, 1.82) is 0 Å². The number of carbonyl (C=O) groups is 1. The number of benzene rings is 1. The fourth-order valence-electron chi connectivity index (χ4n) is 1.67. The lowest BCUT2D eigenvalue weighted by Crippen LogP contribution is -2.27. The van der Waals surface area contributed by atoms with Crippen LogP contribution in [0.1, 0.15) is 29.6 Å². The Labute approximate surface area is 120 Å². The average Bonchev–Trinajstić information content (AvgIpc) is 3.11. The van der Waals surface area contributed by atoms with Crippen LogP contribution in [0.2, 0.25) is 5.02 Å². The summed E-state index contributed by atoms with van der Waals surface area (Å²) in [6, 6.07) is 5.93. The molecule has 1 saturated carbocycles. The van der Waals surface area contributed by atoms with Gasteiger partial charge in [0.2, 0.25) is 0 Å². The zero-order valence-electron chi connectivity index (χ0n) is 10.0. The highest BCUT2D eigenvalue weighted by Crippen LogP contribution is 2.19. The Morgan fingerprint density at radius 1 is 1.33 bits per heavy atom. The van der Waals surface area contributed by atoms with Crippen LogP contribution >= 0.6 is 27.5 Å². The fourth-order valence-corrected chi connectivity index (χ4v) is 2.53.